The van der Waals surface area contributed by atoms with Gasteiger partial charge in [0.15, 0.2) is 11.5 Å². The van der Waals surface area contributed by atoms with Crippen LogP contribution in [0.1, 0.15) is 43.1 Å². The number of nitrogens with one attached hydrogen (secondary N) is 2. The number of piperidine rings is 1. The Bertz CT molecular complexity index is 483. The Kier molecular flexibility index (Phi) is 4.34. The zero-order valence-electron chi connectivity index (χ0n) is 12.5. The SMILES string of the molecule is CC1NCCCC1NC(=O)c1ccc(N2CCCC2)nn1. The molecule has 21 heavy (non-hydrogen) atoms. The number of nitrogens with zero attached hydrogens (tertiary/aromatic N) is 3. The van der Waals surface area contributed by atoms with E-state index in [-0.39, 0.29) is 11.9 Å². The summed E-state index contributed by atoms with van der Waals surface area (Å²) in [7, 11) is 0. The maximum Gasteiger partial charge on any atom is 0.272 e. The van der Waals surface area contributed by atoms with Crippen molar-refractivity contribution in [1.82, 2.24) is 20.8 Å². The van der Waals surface area contributed by atoms with Crippen LogP contribution in [0.2, 0.25) is 0 Å². The van der Waals surface area contributed by atoms with Crippen molar-refractivity contribution in [2.75, 3.05) is 24.5 Å². The molecule has 0 bridgehead atoms. The second kappa shape index (κ2) is 6.39. The minimum Gasteiger partial charge on any atom is -0.355 e. The van der Waals surface area contributed by atoms with E-state index < -0.39 is 0 Å². The van der Waals surface area contributed by atoms with E-state index in [9.17, 15) is 4.79 Å². The highest BCUT2D eigenvalue weighted by Gasteiger charge is 2.23. The summed E-state index contributed by atoms with van der Waals surface area (Å²) in [4.78, 5) is 14.4. The van der Waals surface area contributed by atoms with E-state index in [0.29, 0.717) is 11.7 Å². The molecule has 2 unspecified atom stereocenters. The lowest BCUT2D eigenvalue weighted by atomic mass is 10.00. The van der Waals surface area contributed by atoms with E-state index in [1.807, 2.05) is 6.07 Å². The predicted octanol–water partition coefficient (Wildman–Crippen LogP) is 0.947. The molecular weight excluding hydrogens is 266 g/mol. The van der Waals surface area contributed by atoms with E-state index >= 15 is 0 Å². The predicted molar refractivity (Wildman–Crippen MR) is 81.4 cm³/mol. The van der Waals surface area contributed by atoms with Gasteiger partial charge >= 0.3 is 0 Å². The maximum atomic E-state index is 12.2. The molecule has 2 saturated heterocycles. The molecule has 0 spiro atoms. The first kappa shape index (κ1) is 14.3. The highest BCUT2D eigenvalue weighted by atomic mass is 16.2. The Morgan fingerprint density at radius 2 is 2.10 bits per heavy atom. The van der Waals surface area contributed by atoms with Gasteiger partial charge in [0.2, 0.25) is 0 Å². The Labute approximate surface area is 125 Å². The third-order valence-corrected chi connectivity index (χ3v) is 4.39. The van der Waals surface area contributed by atoms with Gasteiger partial charge in [0.25, 0.3) is 5.91 Å². The molecule has 2 N–H and O–H groups in total. The second-order valence-corrected chi connectivity index (χ2v) is 5.94. The molecule has 3 heterocycles. The topological polar surface area (TPSA) is 70.2 Å². The first-order valence-electron chi connectivity index (χ1n) is 7.87. The van der Waals surface area contributed by atoms with Crippen molar-refractivity contribution in [2.45, 2.75) is 44.7 Å². The van der Waals surface area contributed by atoms with Gasteiger partial charge in [-0.1, -0.05) is 0 Å². The van der Waals surface area contributed by atoms with Crippen LogP contribution in [0, 0.1) is 0 Å². The highest BCUT2D eigenvalue weighted by Crippen LogP contribution is 2.16. The summed E-state index contributed by atoms with van der Waals surface area (Å²) in [6.07, 6.45) is 4.51. The summed E-state index contributed by atoms with van der Waals surface area (Å²) in [6.45, 7) is 5.20. The molecule has 0 aromatic carbocycles. The van der Waals surface area contributed by atoms with Crippen LogP contribution in [0.5, 0.6) is 0 Å². The van der Waals surface area contributed by atoms with Crippen LogP contribution >= 0.6 is 0 Å². The van der Waals surface area contributed by atoms with Crippen LogP contribution in [0.25, 0.3) is 0 Å². The van der Waals surface area contributed by atoms with Gasteiger partial charge in [-0.2, -0.15) is 0 Å². The van der Waals surface area contributed by atoms with E-state index in [1.54, 1.807) is 6.07 Å². The van der Waals surface area contributed by atoms with Crippen molar-refractivity contribution in [2.24, 2.45) is 0 Å². The average Bonchev–Trinajstić information content (AvgIpc) is 3.04. The molecule has 2 aliphatic heterocycles. The van der Waals surface area contributed by atoms with Gasteiger partial charge in [-0.05, 0) is 51.3 Å². The van der Waals surface area contributed by atoms with Crippen molar-refractivity contribution in [3.8, 4) is 0 Å². The number of amides is 1. The molecule has 0 radical (unpaired) electrons. The number of carbonyl (C=O) groups excluding carboxylic acids is 1. The van der Waals surface area contributed by atoms with Crippen LogP contribution < -0.4 is 15.5 Å². The van der Waals surface area contributed by atoms with E-state index in [1.165, 1.54) is 12.8 Å². The van der Waals surface area contributed by atoms with Gasteiger partial charge in [-0.25, -0.2) is 0 Å². The minimum atomic E-state index is -0.129. The highest BCUT2D eigenvalue weighted by molar-refractivity contribution is 5.92. The summed E-state index contributed by atoms with van der Waals surface area (Å²) < 4.78 is 0. The fourth-order valence-corrected chi connectivity index (χ4v) is 3.04. The van der Waals surface area contributed by atoms with Crippen LogP contribution in [-0.4, -0.2) is 47.8 Å². The Morgan fingerprint density at radius 1 is 1.29 bits per heavy atom. The smallest absolute Gasteiger partial charge is 0.272 e. The fraction of sp³-hybridized carbons (Fsp3) is 0.667. The van der Waals surface area contributed by atoms with Crippen LogP contribution in [0.15, 0.2) is 12.1 Å². The lowest BCUT2D eigenvalue weighted by molar-refractivity contribution is 0.0913. The zero-order valence-corrected chi connectivity index (χ0v) is 12.5. The molecule has 2 aliphatic rings. The minimum absolute atomic E-state index is 0.129. The third kappa shape index (κ3) is 3.32. The molecule has 1 amide bonds. The molecule has 114 valence electrons. The normalized spacial score (nSPS) is 25.9. The van der Waals surface area contributed by atoms with Crippen molar-refractivity contribution < 1.29 is 4.79 Å². The van der Waals surface area contributed by atoms with Gasteiger partial charge in [0.1, 0.15) is 0 Å². The van der Waals surface area contributed by atoms with Crippen molar-refractivity contribution in [1.29, 1.82) is 0 Å². The maximum absolute atomic E-state index is 12.2. The molecule has 2 fully saturated rings. The van der Waals surface area contributed by atoms with E-state index in [4.69, 9.17) is 0 Å². The summed E-state index contributed by atoms with van der Waals surface area (Å²) in [5.74, 6) is 0.743. The lowest BCUT2D eigenvalue weighted by Gasteiger charge is -2.30. The zero-order chi connectivity index (χ0) is 14.7. The summed E-state index contributed by atoms with van der Waals surface area (Å²) in [5, 5.41) is 14.7. The van der Waals surface area contributed by atoms with Gasteiger partial charge in [0, 0.05) is 25.2 Å². The molecule has 1 aromatic heterocycles. The summed E-state index contributed by atoms with van der Waals surface area (Å²) in [6, 6.07) is 4.15. The van der Waals surface area contributed by atoms with Crippen LogP contribution in [0.4, 0.5) is 5.82 Å². The number of aromatic nitrogens is 2. The number of hydrogen-bond donors (Lipinski definition) is 2. The quantitative estimate of drug-likeness (QED) is 0.867. The van der Waals surface area contributed by atoms with E-state index in [0.717, 1.165) is 38.3 Å². The lowest BCUT2D eigenvalue weighted by Crippen LogP contribution is -2.52. The molecular formula is C15H23N5O. The molecule has 3 rings (SSSR count). The monoisotopic (exact) mass is 289 g/mol. The van der Waals surface area contributed by atoms with Gasteiger partial charge in [-0.3, -0.25) is 4.79 Å². The number of carbonyl (C=O) groups is 1. The first-order valence-corrected chi connectivity index (χ1v) is 7.87. The molecule has 6 nitrogen and oxygen atoms in total. The van der Waals surface area contributed by atoms with Crippen molar-refractivity contribution in [3.05, 3.63) is 17.8 Å². The molecule has 1 aromatic rings. The fourth-order valence-electron chi connectivity index (χ4n) is 3.04. The van der Waals surface area contributed by atoms with Crippen LogP contribution in [-0.2, 0) is 0 Å². The van der Waals surface area contributed by atoms with Gasteiger partial charge in [-0.15, -0.1) is 10.2 Å². The average molecular weight is 289 g/mol. The summed E-state index contributed by atoms with van der Waals surface area (Å²) >= 11 is 0. The third-order valence-electron chi connectivity index (χ3n) is 4.39. The standard InChI is InChI=1S/C15H23N5O/c1-11-12(5-4-8-16-11)17-15(21)13-6-7-14(19-18-13)20-9-2-3-10-20/h6-7,11-12,16H,2-5,8-10H2,1H3,(H,17,21). The molecule has 2 atom stereocenters. The second-order valence-electron chi connectivity index (χ2n) is 5.94. The van der Waals surface area contributed by atoms with Gasteiger partial charge in [0.05, 0.1) is 0 Å². The molecule has 0 saturated carbocycles. The van der Waals surface area contributed by atoms with Gasteiger partial charge < -0.3 is 15.5 Å². The number of hydrogen-bond acceptors (Lipinski definition) is 5. The summed E-state index contributed by atoms with van der Waals surface area (Å²) in [5.41, 5.74) is 0.399. The van der Waals surface area contributed by atoms with E-state index in [2.05, 4.69) is 32.7 Å². The largest absolute Gasteiger partial charge is 0.355 e. The molecule has 6 heteroatoms. The van der Waals surface area contributed by atoms with Crippen molar-refractivity contribution >= 4 is 11.7 Å². The first-order chi connectivity index (χ1) is 10.2. The van der Waals surface area contributed by atoms with Crippen molar-refractivity contribution in [3.63, 3.8) is 0 Å². The molecule has 0 aliphatic carbocycles. The van der Waals surface area contributed by atoms with Crippen LogP contribution in [0.3, 0.4) is 0 Å². The Morgan fingerprint density at radius 3 is 2.76 bits per heavy atom. The number of anilines is 1. The Balaban J connectivity index is 1.61. The Hall–Kier alpha value is -1.69. The number of rotatable bonds is 3.